The van der Waals surface area contributed by atoms with Crippen LogP contribution in [0.25, 0.3) is 16.0 Å². The highest BCUT2D eigenvalue weighted by Crippen LogP contribution is 2.46. The molecule has 218 valence electrons. The van der Waals surface area contributed by atoms with E-state index in [1.54, 1.807) is 49.6 Å². The molecule has 1 aliphatic heterocycles. The number of benzene rings is 3. The Morgan fingerprint density at radius 1 is 1.02 bits per heavy atom. The highest BCUT2D eigenvalue weighted by molar-refractivity contribution is 7.22. The average Bonchev–Trinajstić information content (AvgIpc) is 3.51. The number of methoxy groups -OCH3 is 1. The van der Waals surface area contributed by atoms with Crippen LogP contribution in [-0.4, -0.2) is 42.1 Å². The fourth-order valence-electron chi connectivity index (χ4n) is 5.16. The van der Waals surface area contributed by atoms with Crippen molar-refractivity contribution in [3.63, 3.8) is 0 Å². The average molecular weight is 587 g/mol. The number of ketones is 1. The van der Waals surface area contributed by atoms with Crippen LogP contribution in [0.15, 0.2) is 60.2 Å². The number of carbonyl (C=O) groups excluding carboxylic acids is 2. The summed E-state index contributed by atoms with van der Waals surface area (Å²) in [6.45, 7) is 8.90. The molecule has 1 aliphatic rings. The number of aliphatic hydroxyl groups is 1. The van der Waals surface area contributed by atoms with E-state index in [0.29, 0.717) is 46.7 Å². The van der Waals surface area contributed by atoms with Gasteiger partial charge in [0.1, 0.15) is 11.5 Å². The van der Waals surface area contributed by atoms with E-state index >= 15 is 0 Å². The van der Waals surface area contributed by atoms with Crippen molar-refractivity contribution in [2.45, 2.75) is 46.6 Å². The third kappa shape index (κ3) is 5.44. The Labute approximate surface area is 249 Å². The molecule has 0 bridgehead atoms. The molecule has 2 heterocycles. The summed E-state index contributed by atoms with van der Waals surface area (Å²) in [7, 11) is 1.54. The van der Waals surface area contributed by atoms with Crippen LogP contribution >= 0.6 is 11.3 Å². The van der Waals surface area contributed by atoms with Crippen LogP contribution in [0.5, 0.6) is 17.2 Å². The van der Waals surface area contributed by atoms with Crippen molar-refractivity contribution in [1.29, 1.82) is 0 Å². The summed E-state index contributed by atoms with van der Waals surface area (Å²) in [4.78, 5) is 33.6. The predicted octanol–water partition coefficient (Wildman–Crippen LogP) is 7.13. The second kappa shape index (κ2) is 12.2. The maximum absolute atomic E-state index is 13.7. The molecule has 1 N–H and O–H groups in total. The molecule has 1 saturated heterocycles. The number of unbranched alkanes of at least 4 members (excludes halogenated alkanes) is 1. The van der Waals surface area contributed by atoms with Gasteiger partial charge in [-0.3, -0.25) is 14.5 Å². The number of fused-ring (bicyclic) bond motifs is 1. The van der Waals surface area contributed by atoms with E-state index in [4.69, 9.17) is 19.2 Å². The van der Waals surface area contributed by atoms with Gasteiger partial charge in [0.2, 0.25) is 0 Å². The molecular weight excluding hydrogens is 552 g/mol. The van der Waals surface area contributed by atoms with E-state index in [1.807, 2.05) is 32.9 Å². The Kier molecular flexibility index (Phi) is 8.49. The number of anilines is 1. The summed E-state index contributed by atoms with van der Waals surface area (Å²) in [5.74, 6) is -0.297. The fourth-order valence-corrected chi connectivity index (χ4v) is 6.33. The number of amides is 1. The molecule has 1 fully saturated rings. The number of rotatable bonds is 10. The van der Waals surface area contributed by atoms with Crippen molar-refractivity contribution in [3.8, 4) is 17.2 Å². The Hall–Kier alpha value is -4.37. The van der Waals surface area contributed by atoms with Crippen molar-refractivity contribution in [2.75, 3.05) is 25.2 Å². The number of hydrogen-bond donors (Lipinski definition) is 1. The number of aromatic nitrogens is 1. The SMILES string of the molecule is CCCCOc1ccc(C2C(=C(O)c3cccc(OCC)c3)C(=O)C(=O)N2c2nc3c(C)cc(C)cc3s2)cc1OC. The predicted molar refractivity (Wildman–Crippen MR) is 165 cm³/mol. The minimum atomic E-state index is -0.957. The van der Waals surface area contributed by atoms with E-state index in [0.717, 1.165) is 34.2 Å². The maximum Gasteiger partial charge on any atom is 0.301 e. The maximum atomic E-state index is 13.7. The number of carbonyl (C=O) groups is 2. The molecule has 1 amide bonds. The Balaban J connectivity index is 1.70. The summed E-state index contributed by atoms with van der Waals surface area (Å²) < 4.78 is 18.1. The van der Waals surface area contributed by atoms with Crippen LogP contribution in [-0.2, 0) is 9.59 Å². The highest BCUT2D eigenvalue weighted by atomic mass is 32.1. The summed E-state index contributed by atoms with van der Waals surface area (Å²) in [5.41, 5.74) is 3.72. The molecule has 1 aromatic heterocycles. The van der Waals surface area contributed by atoms with Gasteiger partial charge in [0.25, 0.3) is 5.78 Å². The molecular formula is C33H34N2O6S. The van der Waals surface area contributed by atoms with Gasteiger partial charge in [0.15, 0.2) is 16.6 Å². The number of nitrogens with zero attached hydrogens (tertiary/aromatic N) is 2. The third-order valence-electron chi connectivity index (χ3n) is 7.15. The molecule has 1 atom stereocenters. The molecule has 0 saturated carbocycles. The van der Waals surface area contributed by atoms with Crippen molar-refractivity contribution < 1.29 is 28.9 Å². The van der Waals surface area contributed by atoms with Gasteiger partial charge in [0, 0.05) is 5.56 Å². The van der Waals surface area contributed by atoms with E-state index < -0.39 is 17.7 Å². The van der Waals surface area contributed by atoms with Gasteiger partial charge in [0.05, 0.1) is 42.2 Å². The van der Waals surface area contributed by atoms with Gasteiger partial charge in [-0.2, -0.15) is 0 Å². The molecule has 0 aliphatic carbocycles. The second-order valence-electron chi connectivity index (χ2n) is 10.2. The zero-order valence-electron chi connectivity index (χ0n) is 24.4. The first-order valence-corrected chi connectivity index (χ1v) is 14.8. The van der Waals surface area contributed by atoms with Crippen molar-refractivity contribution in [2.24, 2.45) is 0 Å². The van der Waals surface area contributed by atoms with Crippen molar-refractivity contribution in [3.05, 3.63) is 82.4 Å². The van der Waals surface area contributed by atoms with E-state index in [9.17, 15) is 14.7 Å². The molecule has 8 nitrogen and oxygen atoms in total. The van der Waals surface area contributed by atoms with Crippen LogP contribution < -0.4 is 19.1 Å². The fraction of sp³-hybridized carbons (Fsp3) is 0.303. The number of aryl methyl sites for hydroxylation is 2. The molecule has 0 spiro atoms. The van der Waals surface area contributed by atoms with Gasteiger partial charge in [-0.1, -0.05) is 48.9 Å². The first kappa shape index (κ1) is 29.1. The Morgan fingerprint density at radius 2 is 1.83 bits per heavy atom. The lowest BCUT2D eigenvalue weighted by molar-refractivity contribution is -0.132. The lowest BCUT2D eigenvalue weighted by atomic mass is 9.95. The first-order chi connectivity index (χ1) is 20.3. The van der Waals surface area contributed by atoms with Crippen molar-refractivity contribution >= 4 is 44.1 Å². The summed E-state index contributed by atoms with van der Waals surface area (Å²) in [5, 5.41) is 12.0. The number of ether oxygens (including phenoxy) is 3. The van der Waals surface area contributed by atoms with E-state index in [-0.39, 0.29) is 11.3 Å². The molecule has 1 unspecified atom stereocenters. The zero-order chi connectivity index (χ0) is 30.0. The second-order valence-corrected chi connectivity index (χ2v) is 11.2. The van der Waals surface area contributed by atoms with Gasteiger partial charge < -0.3 is 19.3 Å². The molecule has 4 aromatic rings. The lowest BCUT2D eigenvalue weighted by Crippen LogP contribution is -2.29. The van der Waals surface area contributed by atoms with Gasteiger partial charge in [-0.15, -0.1) is 0 Å². The quantitative estimate of drug-likeness (QED) is 0.0914. The molecule has 42 heavy (non-hydrogen) atoms. The Morgan fingerprint density at radius 3 is 2.57 bits per heavy atom. The third-order valence-corrected chi connectivity index (χ3v) is 8.15. The smallest absolute Gasteiger partial charge is 0.301 e. The number of aliphatic hydroxyl groups excluding tert-OH is 1. The molecule has 3 aromatic carbocycles. The van der Waals surface area contributed by atoms with Gasteiger partial charge >= 0.3 is 5.91 Å². The number of thiazole rings is 1. The van der Waals surface area contributed by atoms with Crippen molar-refractivity contribution in [1.82, 2.24) is 4.98 Å². The Bertz CT molecular complexity index is 1690. The minimum absolute atomic E-state index is 0.0393. The van der Waals surface area contributed by atoms with E-state index in [1.165, 1.54) is 16.2 Å². The van der Waals surface area contributed by atoms with Gasteiger partial charge in [-0.05, 0) is 74.2 Å². The van der Waals surface area contributed by atoms with Crippen LogP contribution in [0, 0.1) is 13.8 Å². The summed E-state index contributed by atoms with van der Waals surface area (Å²) >= 11 is 1.33. The highest BCUT2D eigenvalue weighted by Gasteiger charge is 2.48. The largest absolute Gasteiger partial charge is 0.507 e. The van der Waals surface area contributed by atoms with Crippen LogP contribution in [0.3, 0.4) is 0 Å². The summed E-state index contributed by atoms with van der Waals surface area (Å²) in [6, 6.07) is 15.2. The molecule has 0 radical (unpaired) electrons. The number of Topliss-reactive ketones (excluding diaryl/α,β-unsaturated/α-hetero) is 1. The van der Waals surface area contributed by atoms with E-state index in [2.05, 4.69) is 6.92 Å². The normalized spacial score (nSPS) is 16.3. The minimum Gasteiger partial charge on any atom is -0.507 e. The van der Waals surface area contributed by atoms with Crippen LogP contribution in [0.4, 0.5) is 5.13 Å². The molecule has 9 heteroatoms. The lowest BCUT2D eigenvalue weighted by Gasteiger charge is -2.24. The number of hydrogen-bond acceptors (Lipinski definition) is 8. The van der Waals surface area contributed by atoms with Crippen LogP contribution in [0.1, 0.15) is 55.0 Å². The first-order valence-electron chi connectivity index (χ1n) is 14.0. The molecule has 5 rings (SSSR count). The monoisotopic (exact) mass is 586 g/mol. The zero-order valence-corrected chi connectivity index (χ0v) is 25.2. The summed E-state index contributed by atoms with van der Waals surface area (Å²) in [6.07, 6.45) is 1.88. The standard InChI is InChI=1S/C33H34N2O6S/c1-6-8-14-41-24-13-12-21(18-25(24)39-5)29-27(30(36)22-10-9-11-23(17-22)40-7-2)31(37)32(38)35(29)33-34-28-20(4)15-19(3)16-26(28)42-33/h9-13,15-18,29,36H,6-8,14H2,1-5H3. The topological polar surface area (TPSA) is 98.2 Å². The van der Waals surface area contributed by atoms with Crippen LogP contribution in [0.2, 0.25) is 0 Å². The van der Waals surface area contributed by atoms with Gasteiger partial charge in [-0.25, -0.2) is 4.98 Å².